The number of benzene rings is 4. The molecule has 4 aromatic rings. The van der Waals surface area contributed by atoms with Gasteiger partial charge in [0.15, 0.2) is 11.2 Å². The maximum absolute atomic E-state index is 13.6. The van der Waals surface area contributed by atoms with Crippen LogP contribution in [0, 0.1) is 0 Å². The van der Waals surface area contributed by atoms with E-state index in [0.717, 1.165) is 33.5 Å². The Morgan fingerprint density at radius 3 is 2.10 bits per heavy atom. The van der Waals surface area contributed by atoms with E-state index in [1.807, 2.05) is 91.0 Å². The molecule has 10 heteroatoms. The van der Waals surface area contributed by atoms with Gasteiger partial charge in [-0.15, -0.1) is 0 Å². The topological polar surface area (TPSA) is 114 Å². The number of hydrogen-bond acceptors (Lipinski definition) is 8. The lowest BCUT2D eigenvalue weighted by Crippen LogP contribution is -2.33. The number of amides is 2. The molecule has 0 spiro atoms. The Kier molecular flexibility index (Phi) is 11.8. The number of nitrogens with zero attached hydrogens (tertiary/aromatic N) is 2. The number of thioether (sulfide) groups is 1. The summed E-state index contributed by atoms with van der Waals surface area (Å²) in [5.41, 5.74) is 4.03. The lowest BCUT2D eigenvalue weighted by atomic mass is 10.0. The fraction of sp³-hybridized carbons (Fsp3) is 0.237. The zero-order chi connectivity index (χ0) is 33.9. The molecule has 4 aromatic carbocycles. The van der Waals surface area contributed by atoms with Crippen LogP contribution in [-0.4, -0.2) is 52.5 Å². The van der Waals surface area contributed by atoms with Crippen LogP contribution >= 0.6 is 11.8 Å². The highest BCUT2D eigenvalue weighted by atomic mass is 32.2. The van der Waals surface area contributed by atoms with E-state index in [0.29, 0.717) is 42.0 Å². The molecule has 246 valence electrons. The van der Waals surface area contributed by atoms with E-state index < -0.39 is 23.9 Å². The molecule has 1 N–H and O–H groups in total. The minimum Gasteiger partial charge on any atom is -0.497 e. The summed E-state index contributed by atoms with van der Waals surface area (Å²) in [7, 11) is 1.54. The summed E-state index contributed by atoms with van der Waals surface area (Å²) in [4.78, 5) is 52.3. The van der Waals surface area contributed by atoms with E-state index in [2.05, 4.69) is 10.4 Å². The molecular weight excluding hydrogens is 627 g/mol. The van der Waals surface area contributed by atoms with Crippen LogP contribution in [0.15, 0.2) is 114 Å². The van der Waals surface area contributed by atoms with Crippen LogP contribution in [0.4, 0.5) is 5.69 Å². The number of hydrogen-bond donors (Lipinski definition) is 1. The Labute approximate surface area is 284 Å². The van der Waals surface area contributed by atoms with Gasteiger partial charge in [-0.1, -0.05) is 103 Å². The van der Waals surface area contributed by atoms with E-state index in [1.165, 1.54) is 14.0 Å². The molecule has 1 heterocycles. The summed E-state index contributed by atoms with van der Waals surface area (Å²) < 4.78 is 11.5. The van der Waals surface area contributed by atoms with Gasteiger partial charge in [-0.2, -0.15) is 5.10 Å². The normalized spacial score (nSPS) is 13.7. The molecule has 1 aliphatic rings. The first-order valence-electron chi connectivity index (χ1n) is 15.7. The van der Waals surface area contributed by atoms with E-state index in [4.69, 9.17) is 9.47 Å². The summed E-state index contributed by atoms with van der Waals surface area (Å²) >= 11 is 0.973. The third-order valence-electron chi connectivity index (χ3n) is 7.73. The lowest BCUT2D eigenvalue weighted by molar-refractivity contribution is -0.152. The Balaban J connectivity index is 1.40. The lowest BCUT2D eigenvalue weighted by Gasteiger charge is -2.22. The van der Waals surface area contributed by atoms with Crippen molar-refractivity contribution < 1.29 is 28.7 Å². The van der Waals surface area contributed by atoms with E-state index >= 15 is 0 Å². The van der Waals surface area contributed by atoms with Crippen molar-refractivity contribution in [1.29, 1.82) is 0 Å². The predicted octanol–water partition coefficient (Wildman–Crippen LogP) is 6.57. The molecule has 0 unspecified atom stereocenters. The van der Waals surface area contributed by atoms with Crippen molar-refractivity contribution in [2.75, 3.05) is 19.0 Å². The van der Waals surface area contributed by atoms with Crippen LogP contribution in [0.1, 0.15) is 54.5 Å². The van der Waals surface area contributed by atoms with Gasteiger partial charge in [0.05, 0.1) is 23.8 Å². The van der Waals surface area contributed by atoms with Gasteiger partial charge in [-0.25, -0.2) is 5.01 Å². The third-order valence-corrected chi connectivity index (χ3v) is 8.72. The summed E-state index contributed by atoms with van der Waals surface area (Å²) in [6.07, 6.45) is 0.783. The highest BCUT2D eigenvalue weighted by Crippen LogP contribution is 2.29. The van der Waals surface area contributed by atoms with Crippen molar-refractivity contribution in [2.45, 2.75) is 44.0 Å². The number of methoxy groups -OCH3 is 1. The predicted molar refractivity (Wildman–Crippen MR) is 187 cm³/mol. The van der Waals surface area contributed by atoms with Gasteiger partial charge in [0.25, 0.3) is 0 Å². The molecular formula is C38H37N3O6S. The highest BCUT2D eigenvalue weighted by molar-refractivity contribution is 8.14. The Hall–Kier alpha value is -5.22. The summed E-state index contributed by atoms with van der Waals surface area (Å²) in [6, 6.07) is 33.5. The SMILES string of the molecule is COc1ccc(NC(=O)[C@H](Cc2ccccc2)SC(C)=O)c(C2=NN(CC(=O)OC(c3ccccc3)c3ccccc3)C(=O)CCC2)c1. The molecule has 5 rings (SSSR count). The first-order chi connectivity index (χ1) is 23.3. The van der Waals surface area contributed by atoms with Crippen LogP contribution in [0.25, 0.3) is 0 Å². The molecule has 0 aliphatic carbocycles. The van der Waals surface area contributed by atoms with Gasteiger partial charge in [-0.05, 0) is 54.2 Å². The van der Waals surface area contributed by atoms with Crippen LogP contribution in [0.3, 0.4) is 0 Å². The zero-order valence-corrected chi connectivity index (χ0v) is 27.7. The Bertz CT molecular complexity index is 1730. The number of ether oxygens (including phenoxy) is 2. The van der Waals surface area contributed by atoms with Gasteiger partial charge >= 0.3 is 5.97 Å². The molecule has 0 bridgehead atoms. The van der Waals surface area contributed by atoms with Gasteiger partial charge in [0, 0.05) is 18.9 Å². The molecule has 0 fully saturated rings. The van der Waals surface area contributed by atoms with Crippen LogP contribution in [0.2, 0.25) is 0 Å². The number of hydrazone groups is 1. The second kappa shape index (κ2) is 16.6. The standard InChI is InChI=1S/C38H37N3O6S/c1-26(42)48-34(23-27-13-6-3-7-14-27)38(45)39-32-22-21-30(46-2)24-31(32)33-19-12-20-35(43)41(40-33)25-36(44)47-37(28-15-8-4-9-16-28)29-17-10-5-11-18-29/h3-11,13-18,21-22,24,34,37H,12,19-20,23,25H2,1-2H3,(H,39,45)/t34-/m0/s1. The number of carbonyl (C=O) groups excluding carboxylic acids is 4. The summed E-state index contributed by atoms with van der Waals surface area (Å²) in [6.45, 7) is 1.05. The minimum absolute atomic E-state index is 0.169. The summed E-state index contributed by atoms with van der Waals surface area (Å²) in [5.74, 6) is -0.744. The largest absolute Gasteiger partial charge is 0.497 e. The third kappa shape index (κ3) is 9.19. The van der Waals surface area contributed by atoms with Crippen molar-refractivity contribution >= 4 is 46.1 Å². The molecule has 0 aromatic heterocycles. The van der Waals surface area contributed by atoms with Crippen molar-refractivity contribution in [3.05, 3.63) is 131 Å². The maximum Gasteiger partial charge on any atom is 0.328 e. The van der Waals surface area contributed by atoms with Crippen LogP contribution < -0.4 is 10.1 Å². The average Bonchev–Trinajstić information content (AvgIpc) is 3.28. The molecule has 9 nitrogen and oxygen atoms in total. The molecule has 1 atom stereocenters. The highest BCUT2D eigenvalue weighted by Gasteiger charge is 2.28. The van der Waals surface area contributed by atoms with Crippen LogP contribution in [-0.2, 0) is 30.3 Å². The van der Waals surface area contributed by atoms with Gasteiger partial charge in [0.1, 0.15) is 12.3 Å². The van der Waals surface area contributed by atoms with Gasteiger partial charge < -0.3 is 14.8 Å². The molecule has 0 saturated carbocycles. The number of nitrogens with one attached hydrogen (secondary N) is 1. The first-order valence-corrected chi connectivity index (χ1v) is 16.6. The first kappa shape index (κ1) is 34.1. The van der Waals surface area contributed by atoms with Gasteiger partial charge in [0.2, 0.25) is 11.8 Å². The van der Waals surface area contributed by atoms with Crippen molar-refractivity contribution in [2.24, 2.45) is 5.10 Å². The molecule has 0 saturated heterocycles. The van der Waals surface area contributed by atoms with Gasteiger partial charge in [-0.3, -0.25) is 19.2 Å². The fourth-order valence-electron chi connectivity index (χ4n) is 5.40. The van der Waals surface area contributed by atoms with E-state index in [1.54, 1.807) is 18.2 Å². The van der Waals surface area contributed by atoms with Crippen molar-refractivity contribution in [1.82, 2.24) is 5.01 Å². The Morgan fingerprint density at radius 1 is 0.875 bits per heavy atom. The number of anilines is 1. The smallest absolute Gasteiger partial charge is 0.328 e. The minimum atomic E-state index is -0.675. The molecule has 2 amide bonds. The number of esters is 1. The summed E-state index contributed by atoms with van der Waals surface area (Å²) in [5, 5.41) is 7.95. The molecule has 0 radical (unpaired) electrons. The van der Waals surface area contributed by atoms with E-state index in [-0.39, 0.29) is 23.4 Å². The second-order valence-electron chi connectivity index (χ2n) is 11.2. The quantitative estimate of drug-likeness (QED) is 0.171. The number of rotatable bonds is 12. The van der Waals surface area contributed by atoms with E-state index in [9.17, 15) is 19.2 Å². The monoisotopic (exact) mass is 663 g/mol. The molecule has 1 aliphatic heterocycles. The number of carbonyl (C=O) groups is 4. The fourth-order valence-corrected chi connectivity index (χ4v) is 6.24. The van der Waals surface area contributed by atoms with Crippen LogP contribution in [0.5, 0.6) is 5.75 Å². The second-order valence-corrected chi connectivity index (χ2v) is 12.6. The molecule has 48 heavy (non-hydrogen) atoms. The Morgan fingerprint density at radius 2 is 1.50 bits per heavy atom. The maximum atomic E-state index is 13.6. The zero-order valence-electron chi connectivity index (χ0n) is 26.8. The van der Waals surface area contributed by atoms with Crippen molar-refractivity contribution in [3.8, 4) is 5.75 Å². The van der Waals surface area contributed by atoms with Crippen molar-refractivity contribution in [3.63, 3.8) is 0 Å². The average molecular weight is 664 g/mol.